The molecular formula is C15H11BrF2N2O. The fourth-order valence-electron chi connectivity index (χ4n) is 1.76. The highest BCUT2D eigenvalue weighted by Crippen LogP contribution is 2.25. The highest BCUT2D eigenvalue weighted by Gasteiger charge is 2.10. The van der Waals surface area contributed by atoms with Crippen molar-refractivity contribution >= 4 is 21.6 Å². The van der Waals surface area contributed by atoms with E-state index < -0.39 is 6.61 Å². The number of halogens is 3. The summed E-state index contributed by atoms with van der Waals surface area (Å²) >= 11 is 3.30. The Labute approximate surface area is 129 Å². The first-order chi connectivity index (χ1) is 10.1. The predicted molar refractivity (Wildman–Crippen MR) is 79.3 cm³/mol. The Morgan fingerprint density at radius 3 is 2.52 bits per heavy atom. The molecule has 2 rings (SSSR count). The summed E-state index contributed by atoms with van der Waals surface area (Å²) < 4.78 is 30.0. The van der Waals surface area contributed by atoms with E-state index in [-0.39, 0.29) is 5.75 Å². The maximum absolute atomic E-state index is 12.4. The van der Waals surface area contributed by atoms with Crippen LogP contribution in [0.3, 0.4) is 0 Å². The van der Waals surface area contributed by atoms with E-state index in [0.717, 1.165) is 10.2 Å². The molecular weight excluding hydrogens is 342 g/mol. The van der Waals surface area contributed by atoms with E-state index in [4.69, 9.17) is 5.26 Å². The molecule has 0 saturated carbocycles. The number of alkyl halides is 2. The highest BCUT2D eigenvalue weighted by atomic mass is 79.9. The molecule has 0 fully saturated rings. The molecule has 2 aromatic rings. The summed E-state index contributed by atoms with van der Waals surface area (Å²) in [6, 6.07) is 13.7. The molecule has 108 valence electrons. The maximum Gasteiger partial charge on any atom is 0.387 e. The van der Waals surface area contributed by atoms with Gasteiger partial charge >= 0.3 is 6.61 Å². The van der Waals surface area contributed by atoms with Crippen molar-refractivity contribution < 1.29 is 13.5 Å². The van der Waals surface area contributed by atoms with Gasteiger partial charge in [-0.3, -0.25) is 0 Å². The number of ether oxygens (including phenoxy) is 1. The van der Waals surface area contributed by atoms with Crippen LogP contribution >= 0.6 is 15.9 Å². The Kier molecular flexibility index (Phi) is 5.12. The van der Waals surface area contributed by atoms with Gasteiger partial charge in [0.2, 0.25) is 0 Å². The van der Waals surface area contributed by atoms with Crippen LogP contribution < -0.4 is 10.1 Å². The third-order valence-corrected chi connectivity index (χ3v) is 3.23. The number of benzene rings is 2. The molecule has 0 unspecified atom stereocenters. The molecule has 0 radical (unpaired) electrons. The molecule has 6 heteroatoms. The van der Waals surface area contributed by atoms with E-state index in [0.29, 0.717) is 17.7 Å². The van der Waals surface area contributed by atoms with Gasteiger partial charge in [0.05, 0.1) is 11.6 Å². The van der Waals surface area contributed by atoms with Crippen LogP contribution in [0.1, 0.15) is 11.1 Å². The van der Waals surface area contributed by atoms with E-state index in [9.17, 15) is 8.78 Å². The minimum absolute atomic E-state index is 0.134. The minimum Gasteiger partial charge on any atom is -0.434 e. The van der Waals surface area contributed by atoms with Crippen molar-refractivity contribution in [2.24, 2.45) is 0 Å². The van der Waals surface area contributed by atoms with E-state index in [1.165, 1.54) is 6.07 Å². The summed E-state index contributed by atoms with van der Waals surface area (Å²) in [4.78, 5) is 0. The number of nitriles is 1. The van der Waals surface area contributed by atoms with E-state index in [1.807, 2.05) is 6.07 Å². The first-order valence-electron chi connectivity index (χ1n) is 6.06. The van der Waals surface area contributed by atoms with Gasteiger partial charge in [-0.2, -0.15) is 14.0 Å². The Hall–Kier alpha value is -2.13. The van der Waals surface area contributed by atoms with Crippen LogP contribution in [0.25, 0.3) is 0 Å². The first kappa shape index (κ1) is 15.3. The minimum atomic E-state index is -2.86. The second kappa shape index (κ2) is 7.04. The van der Waals surface area contributed by atoms with Crippen LogP contribution in [0.5, 0.6) is 5.75 Å². The summed E-state index contributed by atoms with van der Waals surface area (Å²) in [6.45, 7) is -2.53. The zero-order valence-corrected chi connectivity index (χ0v) is 12.4. The van der Waals surface area contributed by atoms with Gasteiger partial charge in [-0.05, 0) is 42.5 Å². The van der Waals surface area contributed by atoms with Crippen molar-refractivity contribution in [3.63, 3.8) is 0 Å². The van der Waals surface area contributed by atoms with Crippen molar-refractivity contribution in [1.82, 2.24) is 0 Å². The van der Waals surface area contributed by atoms with Crippen LogP contribution in [0.2, 0.25) is 0 Å². The monoisotopic (exact) mass is 352 g/mol. The number of rotatable bonds is 5. The molecule has 0 atom stereocenters. The second-order valence-electron chi connectivity index (χ2n) is 4.17. The summed E-state index contributed by atoms with van der Waals surface area (Å²) in [7, 11) is 0. The molecule has 0 bridgehead atoms. The molecule has 21 heavy (non-hydrogen) atoms. The highest BCUT2D eigenvalue weighted by molar-refractivity contribution is 9.10. The average Bonchev–Trinajstić information content (AvgIpc) is 2.47. The molecule has 3 nitrogen and oxygen atoms in total. The van der Waals surface area contributed by atoms with Crippen LogP contribution in [-0.4, -0.2) is 6.61 Å². The van der Waals surface area contributed by atoms with Crippen molar-refractivity contribution in [3.8, 4) is 11.8 Å². The van der Waals surface area contributed by atoms with Crippen LogP contribution in [0, 0.1) is 11.3 Å². The van der Waals surface area contributed by atoms with Gasteiger partial charge in [-0.15, -0.1) is 0 Å². The lowest BCUT2D eigenvalue weighted by molar-refractivity contribution is -0.0504. The van der Waals surface area contributed by atoms with Gasteiger partial charge in [-0.1, -0.05) is 15.9 Å². The van der Waals surface area contributed by atoms with Gasteiger partial charge in [0, 0.05) is 22.3 Å². The smallest absolute Gasteiger partial charge is 0.387 e. The molecule has 0 aliphatic carbocycles. The topological polar surface area (TPSA) is 45.0 Å². The summed E-state index contributed by atoms with van der Waals surface area (Å²) in [5.41, 5.74) is 1.95. The van der Waals surface area contributed by atoms with Gasteiger partial charge in [0.15, 0.2) is 0 Å². The molecule has 0 spiro atoms. The van der Waals surface area contributed by atoms with E-state index in [2.05, 4.69) is 26.0 Å². The molecule has 0 saturated heterocycles. The van der Waals surface area contributed by atoms with Crippen LogP contribution in [-0.2, 0) is 6.54 Å². The summed E-state index contributed by atoms with van der Waals surface area (Å²) in [5.74, 6) is 0.134. The zero-order valence-electron chi connectivity index (χ0n) is 10.8. The number of hydrogen-bond acceptors (Lipinski definition) is 3. The first-order valence-corrected chi connectivity index (χ1v) is 6.85. The standard InChI is InChI=1S/C15H11BrF2N2O/c16-12-3-6-14(21-15(17)18)11(7-12)9-20-13-4-1-10(8-19)2-5-13/h1-7,15,20H,9H2. The molecule has 0 amide bonds. The van der Waals surface area contributed by atoms with E-state index >= 15 is 0 Å². The van der Waals surface area contributed by atoms with Crippen LogP contribution in [0.4, 0.5) is 14.5 Å². The van der Waals surface area contributed by atoms with Crippen LogP contribution in [0.15, 0.2) is 46.9 Å². The SMILES string of the molecule is N#Cc1ccc(NCc2cc(Br)ccc2OC(F)F)cc1. The number of anilines is 1. The molecule has 2 aromatic carbocycles. The maximum atomic E-state index is 12.4. The predicted octanol–water partition coefficient (Wildman–Crippen LogP) is 4.53. The summed E-state index contributed by atoms with van der Waals surface area (Å²) in [5, 5.41) is 11.8. The quantitative estimate of drug-likeness (QED) is 0.859. The second-order valence-corrected chi connectivity index (χ2v) is 5.09. The molecule has 1 N–H and O–H groups in total. The fourth-order valence-corrected chi connectivity index (χ4v) is 2.17. The van der Waals surface area contributed by atoms with Crippen molar-refractivity contribution in [1.29, 1.82) is 5.26 Å². The normalized spacial score (nSPS) is 10.2. The zero-order chi connectivity index (χ0) is 15.2. The molecule has 0 aliphatic rings. The lowest BCUT2D eigenvalue weighted by atomic mass is 10.2. The molecule has 0 heterocycles. The van der Waals surface area contributed by atoms with Crippen molar-refractivity contribution in [2.75, 3.05) is 5.32 Å². The molecule has 0 aromatic heterocycles. The largest absolute Gasteiger partial charge is 0.434 e. The Balaban J connectivity index is 2.11. The number of nitrogens with one attached hydrogen (secondary N) is 1. The Bertz CT molecular complexity index is 654. The van der Waals surface area contributed by atoms with Crippen molar-refractivity contribution in [3.05, 3.63) is 58.1 Å². The fraction of sp³-hybridized carbons (Fsp3) is 0.133. The van der Waals surface area contributed by atoms with Gasteiger partial charge < -0.3 is 10.1 Å². The number of nitrogens with zero attached hydrogens (tertiary/aromatic N) is 1. The Morgan fingerprint density at radius 1 is 1.19 bits per heavy atom. The van der Waals surface area contributed by atoms with E-state index in [1.54, 1.807) is 36.4 Å². The van der Waals surface area contributed by atoms with Gasteiger partial charge in [0.25, 0.3) is 0 Å². The molecule has 0 aliphatic heterocycles. The Morgan fingerprint density at radius 2 is 1.90 bits per heavy atom. The van der Waals surface area contributed by atoms with Gasteiger partial charge in [0.1, 0.15) is 5.75 Å². The van der Waals surface area contributed by atoms with Gasteiger partial charge in [-0.25, -0.2) is 0 Å². The average molecular weight is 353 g/mol. The third-order valence-electron chi connectivity index (χ3n) is 2.74. The number of hydrogen-bond donors (Lipinski definition) is 1. The lowest BCUT2D eigenvalue weighted by Gasteiger charge is -2.12. The van der Waals surface area contributed by atoms with Crippen molar-refractivity contribution in [2.45, 2.75) is 13.2 Å². The third kappa shape index (κ3) is 4.43. The summed E-state index contributed by atoms with van der Waals surface area (Å²) in [6.07, 6.45) is 0. The lowest BCUT2D eigenvalue weighted by Crippen LogP contribution is -2.07.